The van der Waals surface area contributed by atoms with E-state index in [1.807, 2.05) is 0 Å². The largest absolute Gasteiger partial charge is 0.481 e. The van der Waals surface area contributed by atoms with Crippen LogP contribution in [0.5, 0.6) is 0 Å². The molecule has 190 valence electrons. The maximum Gasteiger partial charge on any atom is 0.326 e. The maximum absolute atomic E-state index is 12.9. The first kappa shape index (κ1) is 30.3. The summed E-state index contributed by atoms with van der Waals surface area (Å²) in [6.07, 6.45) is 0.647. The minimum absolute atomic E-state index is 0.0498. The van der Waals surface area contributed by atoms with E-state index in [4.69, 9.17) is 11.5 Å². The Balaban J connectivity index is 5.53. The minimum atomic E-state index is -1.53. The van der Waals surface area contributed by atoms with E-state index in [0.717, 1.165) is 0 Å². The Morgan fingerprint density at radius 1 is 0.788 bits per heavy atom. The van der Waals surface area contributed by atoms with Crippen molar-refractivity contribution in [2.24, 2.45) is 23.3 Å². The molecule has 4 atom stereocenters. The van der Waals surface area contributed by atoms with Gasteiger partial charge >= 0.3 is 11.9 Å². The van der Waals surface area contributed by atoms with Crippen molar-refractivity contribution in [2.45, 2.75) is 84.0 Å². The number of carbonyl (C=O) groups is 5. The summed E-state index contributed by atoms with van der Waals surface area (Å²) in [5, 5.41) is 25.7. The predicted molar refractivity (Wildman–Crippen MR) is 121 cm³/mol. The highest BCUT2D eigenvalue weighted by Gasteiger charge is 2.32. The van der Waals surface area contributed by atoms with Gasteiger partial charge in [0.05, 0.1) is 12.5 Å². The molecule has 0 saturated carbocycles. The van der Waals surface area contributed by atoms with Crippen molar-refractivity contribution < 1.29 is 34.2 Å². The Morgan fingerprint density at radius 2 is 1.30 bits per heavy atom. The molecule has 0 rings (SSSR count). The van der Waals surface area contributed by atoms with Crippen LogP contribution >= 0.6 is 0 Å². The van der Waals surface area contributed by atoms with E-state index in [1.165, 1.54) is 0 Å². The van der Waals surface area contributed by atoms with Crippen molar-refractivity contribution in [3.8, 4) is 0 Å². The minimum Gasteiger partial charge on any atom is -0.481 e. The molecule has 0 saturated heterocycles. The van der Waals surface area contributed by atoms with Crippen molar-refractivity contribution in [3.05, 3.63) is 0 Å². The zero-order valence-electron chi connectivity index (χ0n) is 19.8. The molecule has 33 heavy (non-hydrogen) atoms. The van der Waals surface area contributed by atoms with Crippen molar-refractivity contribution in [1.82, 2.24) is 16.0 Å². The van der Waals surface area contributed by atoms with Gasteiger partial charge in [-0.1, -0.05) is 27.7 Å². The highest BCUT2D eigenvalue weighted by molar-refractivity contribution is 5.95. The van der Waals surface area contributed by atoms with E-state index in [-0.39, 0.29) is 24.7 Å². The van der Waals surface area contributed by atoms with E-state index in [2.05, 4.69) is 16.0 Å². The summed E-state index contributed by atoms with van der Waals surface area (Å²) in [5.41, 5.74) is 11.3. The lowest BCUT2D eigenvalue weighted by atomic mass is 10.0. The summed E-state index contributed by atoms with van der Waals surface area (Å²) in [4.78, 5) is 60.6. The lowest BCUT2D eigenvalue weighted by molar-refractivity contribution is -0.144. The Kier molecular flexibility index (Phi) is 13.9. The van der Waals surface area contributed by atoms with Crippen LogP contribution in [0.4, 0.5) is 0 Å². The van der Waals surface area contributed by atoms with E-state index in [0.29, 0.717) is 19.4 Å². The Hall–Kier alpha value is -2.73. The lowest BCUT2D eigenvalue weighted by Gasteiger charge is -2.25. The number of hydrogen-bond donors (Lipinski definition) is 7. The second kappa shape index (κ2) is 15.2. The van der Waals surface area contributed by atoms with Crippen LogP contribution in [0.1, 0.15) is 59.8 Å². The second-order valence-electron chi connectivity index (χ2n) is 8.80. The van der Waals surface area contributed by atoms with Gasteiger partial charge < -0.3 is 37.6 Å². The Labute approximate surface area is 194 Å². The summed E-state index contributed by atoms with van der Waals surface area (Å²) >= 11 is 0. The number of hydrogen-bond acceptors (Lipinski definition) is 7. The number of rotatable bonds is 16. The highest BCUT2D eigenvalue weighted by atomic mass is 16.4. The van der Waals surface area contributed by atoms with Crippen LogP contribution in [-0.4, -0.2) is 70.6 Å². The number of amides is 3. The highest BCUT2D eigenvalue weighted by Crippen LogP contribution is 2.08. The molecule has 0 aromatic rings. The Morgan fingerprint density at radius 3 is 1.76 bits per heavy atom. The van der Waals surface area contributed by atoms with Crippen LogP contribution in [0.15, 0.2) is 0 Å². The number of carboxylic acids is 2. The third kappa shape index (κ3) is 12.2. The molecule has 4 unspecified atom stereocenters. The van der Waals surface area contributed by atoms with E-state index >= 15 is 0 Å². The molecule has 3 amide bonds. The van der Waals surface area contributed by atoms with Gasteiger partial charge in [-0.25, -0.2) is 4.79 Å². The molecule has 0 bridgehead atoms. The lowest BCUT2D eigenvalue weighted by Crippen LogP contribution is -2.58. The molecule has 0 radical (unpaired) electrons. The van der Waals surface area contributed by atoms with Crippen LogP contribution in [0, 0.1) is 11.8 Å². The van der Waals surface area contributed by atoms with Crippen molar-refractivity contribution in [1.29, 1.82) is 0 Å². The molecular weight excluding hydrogens is 434 g/mol. The maximum atomic E-state index is 12.9. The summed E-state index contributed by atoms with van der Waals surface area (Å²) in [5.74, 6) is -5.13. The molecular formula is C21H39N5O7. The van der Waals surface area contributed by atoms with Gasteiger partial charge in [-0.3, -0.25) is 19.2 Å². The van der Waals surface area contributed by atoms with Gasteiger partial charge in [-0.15, -0.1) is 0 Å². The van der Waals surface area contributed by atoms with Gasteiger partial charge in [0.1, 0.15) is 18.1 Å². The molecule has 0 aliphatic heterocycles. The molecule has 0 aliphatic rings. The number of nitrogens with one attached hydrogen (secondary N) is 3. The molecule has 0 aromatic carbocycles. The zero-order valence-corrected chi connectivity index (χ0v) is 19.8. The van der Waals surface area contributed by atoms with Gasteiger partial charge in [0.2, 0.25) is 17.7 Å². The van der Waals surface area contributed by atoms with Gasteiger partial charge in [0, 0.05) is 0 Å². The molecule has 0 aliphatic carbocycles. The van der Waals surface area contributed by atoms with Crippen LogP contribution < -0.4 is 27.4 Å². The predicted octanol–water partition coefficient (Wildman–Crippen LogP) is -0.841. The summed E-state index contributed by atoms with van der Waals surface area (Å²) in [6, 6.07) is -4.70. The smallest absolute Gasteiger partial charge is 0.326 e. The van der Waals surface area contributed by atoms with Crippen LogP contribution in [0.2, 0.25) is 0 Å². The normalized spacial score (nSPS) is 14.8. The number of unbranched alkanes of at least 4 members (excludes halogenated alkanes) is 1. The second-order valence-corrected chi connectivity index (χ2v) is 8.80. The van der Waals surface area contributed by atoms with Crippen LogP contribution in [0.25, 0.3) is 0 Å². The number of nitrogens with two attached hydrogens (primary N) is 2. The third-order valence-electron chi connectivity index (χ3n) is 4.93. The first-order valence-corrected chi connectivity index (χ1v) is 11.1. The summed E-state index contributed by atoms with van der Waals surface area (Å²) < 4.78 is 0. The first-order chi connectivity index (χ1) is 15.3. The molecule has 0 spiro atoms. The SMILES string of the molecule is CC(C)CC(NC(=O)C(CC(=O)O)NC(=O)C(CCCCN)NC(=O)C(N)C(C)C)C(=O)O. The number of carbonyl (C=O) groups excluding carboxylic acids is 3. The van der Waals surface area contributed by atoms with E-state index in [9.17, 15) is 34.2 Å². The third-order valence-corrected chi connectivity index (χ3v) is 4.93. The summed E-state index contributed by atoms with van der Waals surface area (Å²) in [7, 11) is 0. The average Bonchev–Trinajstić information content (AvgIpc) is 2.70. The molecule has 0 aromatic heterocycles. The monoisotopic (exact) mass is 473 g/mol. The fourth-order valence-corrected chi connectivity index (χ4v) is 2.95. The standard InChI is InChI=1S/C21H39N5O7/c1-11(2)9-15(21(32)33)26-19(30)14(10-16(27)28)25-18(29)13(7-5-6-8-22)24-20(31)17(23)12(3)4/h11-15,17H,5-10,22-23H2,1-4H3,(H,24,31)(H,25,29)(H,26,30)(H,27,28)(H,32,33). The van der Waals surface area contributed by atoms with Gasteiger partial charge in [0.15, 0.2) is 0 Å². The molecule has 0 fully saturated rings. The van der Waals surface area contributed by atoms with Crippen LogP contribution in [-0.2, 0) is 24.0 Å². The molecule has 9 N–H and O–H groups in total. The quantitative estimate of drug-likeness (QED) is 0.139. The number of carboxylic acid groups (broad SMARTS) is 2. The molecule has 12 nitrogen and oxygen atoms in total. The summed E-state index contributed by atoms with van der Waals surface area (Å²) in [6.45, 7) is 7.42. The van der Waals surface area contributed by atoms with Crippen LogP contribution in [0.3, 0.4) is 0 Å². The molecule has 0 heterocycles. The van der Waals surface area contributed by atoms with E-state index in [1.54, 1.807) is 27.7 Å². The van der Waals surface area contributed by atoms with Crippen molar-refractivity contribution >= 4 is 29.7 Å². The molecule has 12 heteroatoms. The fraction of sp³-hybridized carbons (Fsp3) is 0.762. The zero-order chi connectivity index (χ0) is 25.7. The van der Waals surface area contributed by atoms with Gasteiger partial charge in [-0.05, 0) is 44.1 Å². The average molecular weight is 474 g/mol. The van der Waals surface area contributed by atoms with Crippen molar-refractivity contribution in [2.75, 3.05) is 6.54 Å². The van der Waals surface area contributed by atoms with Gasteiger partial charge in [-0.2, -0.15) is 0 Å². The fourth-order valence-electron chi connectivity index (χ4n) is 2.95. The van der Waals surface area contributed by atoms with Crippen molar-refractivity contribution in [3.63, 3.8) is 0 Å². The Bertz CT molecular complexity index is 684. The van der Waals surface area contributed by atoms with Gasteiger partial charge in [0.25, 0.3) is 0 Å². The topological polar surface area (TPSA) is 214 Å². The number of aliphatic carboxylic acids is 2. The van der Waals surface area contributed by atoms with E-state index < -0.39 is 60.2 Å². The first-order valence-electron chi connectivity index (χ1n) is 11.1.